The third-order valence-electron chi connectivity index (χ3n) is 2.32. The van der Waals surface area contributed by atoms with Gasteiger partial charge in [-0.15, -0.1) is 0 Å². The van der Waals surface area contributed by atoms with Crippen molar-refractivity contribution in [2.45, 2.75) is 44.8 Å². The smallest absolute Gasteiger partial charge is 0.0852 e. The van der Waals surface area contributed by atoms with Crippen molar-refractivity contribution in [3.05, 3.63) is 0 Å². The Balaban J connectivity index is 2.39. The van der Waals surface area contributed by atoms with Gasteiger partial charge in [-0.1, -0.05) is 6.42 Å². The van der Waals surface area contributed by atoms with Gasteiger partial charge in [0.1, 0.15) is 0 Å². The van der Waals surface area contributed by atoms with E-state index in [-0.39, 0.29) is 0 Å². The molecule has 0 aromatic heterocycles. The summed E-state index contributed by atoms with van der Waals surface area (Å²) in [6, 6.07) is 0. The molecule has 1 aliphatic carbocycles. The van der Waals surface area contributed by atoms with Crippen LogP contribution in [0.3, 0.4) is 0 Å². The summed E-state index contributed by atoms with van der Waals surface area (Å²) in [5, 5.41) is 18.8. The largest absolute Gasteiger partial charge is 0.390 e. The molecule has 1 unspecified atom stereocenters. The van der Waals surface area contributed by atoms with E-state index in [4.69, 9.17) is 0 Å². The summed E-state index contributed by atoms with van der Waals surface area (Å²) in [6.07, 6.45) is 2.83. The molecule has 0 aromatic carbocycles. The Labute approximate surface area is 61.9 Å². The molecule has 60 valence electrons. The molecule has 10 heavy (non-hydrogen) atoms. The lowest BCUT2D eigenvalue weighted by atomic mass is 9.76. The number of rotatable bonds is 2. The van der Waals surface area contributed by atoms with E-state index in [1.165, 1.54) is 6.42 Å². The van der Waals surface area contributed by atoms with Gasteiger partial charge >= 0.3 is 0 Å². The van der Waals surface area contributed by atoms with Crippen LogP contribution in [-0.4, -0.2) is 21.9 Å². The molecule has 1 rings (SSSR count). The van der Waals surface area contributed by atoms with Gasteiger partial charge in [-0.25, -0.2) is 0 Å². The van der Waals surface area contributed by atoms with Gasteiger partial charge in [-0.05, 0) is 32.6 Å². The van der Waals surface area contributed by atoms with Crippen LogP contribution in [0.2, 0.25) is 0 Å². The third kappa shape index (κ3) is 1.50. The lowest BCUT2D eigenvalue weighted by Gasteiger charge is -2.36. The van der Waals surface area contributed by atoms with Crippen molar-refractivity contribution in [2.24, 2.45) is 5.92 Å². The molecule has 0 heterocycles. The van der Waals surface area contributed by atoms with Crippen LogP contribution in [0.4, 0.5) is 0 Å². The Morgan fingerprint density at radius 1 is 1.40 bits per heavy atom. The zero-order chi connectivity index (χ0) is 7.78. The quantitative estimate of drug-likeness (QED) is 0.605. The standard InChI is InChI=1S/C8H16O2/c1-8(2,10)7(9)6-4-3-5-6/h6-7,9-10H,3-5H2,1-2H3. The minimum absolute atomic E-state index is 0.347. The van der Waals surface area contributed by atoms with Gasteiger partial charge < -0.3 is 10.2 Å². The molecule has 0 radical (unpaired) electrons. The lowest BCUT2D eigenvalue weighted by Crippen LogP contribution is -2.43. The molecule has 0 amide bonds. The average Bonchev–Trinajstić information content (AvgIpc) is 1.57. The van der Waals surface area contributed by atoms with Gasteiger partial charge in [0, 0.05) is 0 Å². The number of aliphatic hydroxyl groups is 2. The second kappa shape index (κ2) is 2.51. The monoisotopic (exact) mass is 144 g/mol. The van der Waals surface area contributed by atoms with Gasteiger partial charge in [-0.3, -0.25) is 0 Å². The average molecular weight is 144 g/mol. The van der Waals surface area contributed by atoms with E-state index in [0.717, 1.165) is 12.8 Å². The Morgan fingerprint density at radius 3 is 2.00 bits per heavy atom. The summed E-state index contributed by atoms with van der Waals surface area (Å²) >= 11 is 0. The summed E-state index contributed by atoms with van der Waals surface area (Å²) in [5.74, 6) is 0.347. The zero-order valence-electron chi connectivity index (χ0n) is 6.67. The molecular formula is C8H16O2. The first kappa shape index (κ1) is 8.02. The van der Waals surface area contributed by atoms with Crippen LogP contribution in [0, 0.1) is 5.92 Å². The second-order valence-electron chi connectivity index (χ2n) is 3.79. The summed E-state index contributed by atoms with van der Waals surface area (Å²) < 4.78 is 0. The van der Waals surface area contributed by atoms with Crippen LogP contribution in [0.5, 0.6) is 0 Å². The summed E-state index contributed by atoms with van der Waals surface area (Å²) in [6.45, 7) is 3.33. The first-order valence-electron chi connectivity index (χ1n) is 3.92. The molecule has 1 atom stereocenters. The van der Waals surface area contributed by atoms with E-state index >= 15 is 0 Å². The molecule has 0 bridgehead atoms. The van der Waals surface area contributed by atoms with Gasteiger partial charge in [-0.2, -0.15) is 0 Å². The Bertz CT molecular complexity index is 111. The molecule has 0 spiro atoms. The van der Waals surface area contributed by atoms with Crippen molar-refractivity contribution < 1.29 is 10.2 Å². The highest BCUT2D eigenvalue weighted by Gasteiger charge is 2.35. The molecule has 0 aliphatic heterocycles. The fraction of sp³-hybridized carbons (Fsp3) is 1.00. The zero-order valence-corrected chi connectivity index (χ0v) is 6.67. The predicted octanol–water partition coefficient (Wildman–Crippen LogP) is 0.918. The minimum Gasteiger partial charge on any atom is -0.390 e. The maximum absolute atomic E-state index is 9.46. The highest BCUT2D eigenvalue weighted by atomic mass is 16.3. The van der Waals surface area contributed by atoms with E-state index in [0.29, 0.717) is 5.92 Å². The number of hydrogen-bond donors (Lipinski definition) is 2. The van der Waals surface area contributed by atoms with Crippen LogP contribution in [0.15, 0.2) is 0 Å². The van der Waals surface area contributed by atoms with Gasteiger partial charge in [0.05, 0.1) is 11.7 Å². The van der Waals surface area contributed by atoms with E-state index < -0.39 is 11.7 Å². The molecule has 1 aliphatic rings. The van der Waals surface area contributed by atoms with Crippen molar-refractivity contribution >= 4 is 0 Å². The Hall–Kier alpha value is -0.0800. The summed E-state index contributed by atoms with van der Waals surface area (Å²) in [7, 11) is 0. The maximum atomic E-state index is 9.46. The second-order valence-corrected chi connectivity index (χ2v) is 3.79. The predicted molar refractivity (Wildman–Crippen MR) is 39.6 cm³/mol. The van der Waals surface area contributed by atoms with E-state index in [9.17, 15) is 10.2 Å². The molecular weight excluding hydrogens is 128 g/mol. The van der Waals surface area contributed by atoms with Crippen LogP contribution in [0.25, 0.3) is 0 Å². The summed E-state index contributed by atoms with van der Waals surface area (Å²) in [5.41, 5.74) is -0.912. The Morgan fingerprint density at radius 2 is 1.90 bits per heavy atom. The van der Waals surface area contributed by atoms with Gasteiger partial charge in [0.2, 0.25) is 0 Å². The van der Waals surface area contributed by atoms with Gasteiger partial charge in [0.25, 0.3) is 0 Å². The van der Waals surface area contributed by atoms with Crippen LogP contribution in [-0.2, 0) is 0 Å². The molecule has 2 N–H and O–H groups in total. The normalized spacial score (nSPS) is 24.0. The van der Waals surface area contributed by atoms with Crippen molar-refractivity contribution in [1.29, 1.82) is 0 Å². The number of hydrogen-bond acceptors (Lipinski definition) is 2. The molecule has 1 fully saturated rings. The highest BCUT2D eigenvalue weighted by molar-refractivity contribution is 4.86. The van der Waals surface area contributed by atoms with E-state index in [2.05, 4.69) is 0 Å². The first-order valence-corrected chi connectivity index (χ1v) is 3.92. The first-order chi connectivity index (χ1) is 4.52. The number of aliphatic hydroxyl groups excluding tert-OH is 1. The fourth-order valence-corrected chi connectivity index (χ4v) is 1.33. The van der Waals surface area contributed by atoms with E-state index in [1.807, 2.05) is 0 Å². The van der Waals surface area contributed by atoms with Crippen molar-refractivity contribution in [2.75, 3.05) is 0 Å². The van der Waals surface area contributed by atoms with Gasteiger partial charge in [0.15, 0.2) is 0 Å². The molecule has 2 heteroatoms. The summed E-state index contributed by atoms with van der Waals surface area (Å²) in [4.78, 5) is 0. The molecule has 1 saturated carbocycles. The minimum atomic E-state index is -0.912. The van der Waals surface area contributed by atoms with Crippen molar-refractivity contribution in [3.8, 4) is 0 Å². The fourth-order valence-electron chi connectivity index (χ4n) is 1.33. The SMILES string of the molecule is CC(C)(O)C(O)C1CCC1. The van der Waals surface area contributed by atoms with Crippen LogP contribution < -0.4 is 0 Å². The molecule has 0 saturated heterocycles. The maximum Gasteiger partial charge on any atom is 0.0852 e. The third-order valence-corrected chi connectivity index (χ3v) is 2.32. The lowest BCUT2D eigenvalue weighted by molar-refractivity contribution is -0.0928. The highest BCUT2D eigenvalue weighted by Crippen LogP contribution is 2.33. The van der Waals surface area contributed by atoms with Crippen molar-refractivity contribution in [1.82, 2.24) is 0 Å². The molecule has 0 aromatic rings. The van der Waals surface area contributed by atoms with Crippen LogP contribution in [0.1, 0.15) is 33.1 Å². The topological polar surface area (TPSA) is 40.5 Å². The molecule has 2 nitrogen and oxygen atoms in total. The van der Waals surface area contributed by atoms with Crippen molar-refractivity contribution in [3.63, 3.8) is 0 Å². The Kier molecular flexibility index (Phi) is 2.02. The van der Waals surface area contributed by atoms with Crippen LogP contribution >= 0.6 is 0 Å². The van der Waals surface area contributed by atoms with E-state index in [1.54, 1.807) is 13.8 Å².